The molecular weight excluding hydrogens is 319 g/mol. The van der Waals surface area contributed by atoms with Gasteiger partial charge in [-0.05, 0) is 31.2 Å². The first-order valence-electron chi connectivity index (χ1n) is 7.03. The number of anilines is 1. The van der Waals surface area contributed by atoms with Gasteiger partial charge in [0.25, 0.3) is 5.91 Å². The third-order valence-electron chi connectivity index (χ3n) is 3.51. The van der Waals surface area contributed by atoms with Crippen molar-refractivity contribution in [3.8, 4) is 5.69 Å². The molecule has 0 atom stereocenters. The molecule has 24 heavy (non-hydrogen) atoms. The normalized spacial score (nSPS) is 10.7. The predicted octanol–water partition coefficient (Wildman–Crippen LogP) is 3.85. The number of rotatable bonds is 3. The molecule has 0 saturated carbocycles. The highest BCUT2D eigenvalue weighted by atomic mass is 19.1. The standard InChI is InChI=1S/C17H12F3N3O/c1-10-12(9-21-23(10)16-5-3-2-4-14(16)20)17(24)22-15-8-11(18)6-7-13(15)19/h2-9H,1H3,(H,22,24). The van der Waals surface area contributed by atoms with E-state index in [-0.39, 0.29) is 16.9 Å². The molecule has 1 heterocycles. The SMILES string of the molecule is Cc1c(C(=O)Nc2cc(F)ccc2F)cnn1-c1ccccc1F. The van der Waals surface area contributed by atoms with Gasteiger partial charge in [0.15, 0.2) is 0 Å². The van der Waals surface area contributed by atoms with Crippen LogP contribution in [0.3, 0.4) is 0 Å². The van der Waals surface area contributed by atoms with E-state index in [1.807, 2.05) is 0 Å². The zero-order valence-corrected chi connectivity index (χ0v) is 12.6. The van der Waals surface area contributed by atoms with E-state index in [4.69, 9.17) is 0 Å². The molecule has 0 unspecified atom stereocenters. The van der Waals surface area contributed by atoms with Crippen molar-refractivity contribution in [3.63, 3.8) is 0 Å². The molecule has 0 radical (unpaired) electrons. The highest BCUT2D eigenvalue weighted by Gasteiger charge is 2.18. The number of amides is 1. The summed E-state index contributed by atoms with van der Waals surface area (Å²) >= 11 is 0. The molecule has 1 aromatic heterocycles. The maximum Gasteiger partial charge on any atom is 0.259 e. The molecule has 4 nitrogen and oxygen atoms in total. The van der Waals surface area contributed by atoms with E-state index in [0.717, 1.165) is 18.2 Å². The van der Waals surface area contributed by atoms with Crippen molar-refractivity contribution in [1.82, 2.24) is 9.78 Å². The Bertz CT molecular complexity index is 921. The summed E-state index contributed by atoms with van der Waals surface area (Å²) < 4.78 is 41.9. The van der Waals surface area contributed by atoms with Crippen LogP contribution in [0.25, 0.3) is 5.69 Å². The molecule has 2 aromatic carbocycles. The lowest BCUT2D eigenvalue weighted by atomic mass is 10.2. The Hall–Kier alpha value is -3.09. The number of nitrogens with zero attached hydrogens (tertiary/aromatic N) is 2. The first-order chi connectivity index (χ1) is 11.5. The van der Waals surface area contributed by atoms with Gasteiger partial charge in [0, 0.05) is 6.07 Å². The molecular formula is C17H12F3N3O. The van der Waals surface area contributed by atoms with Crippen LogP contribution in [0.2, 0.25) is 0 Å². The van der Waals surface area contributed by atoms with E-state index in [9.17, 15) is 18.0 Å². The Labute approximate surface area is 135 Å². The van der Waals surface area contributed by atoms with E-state index in [0.29, 0.717) is 5.69 Å². The molecule has 0 saturated heterocycles. The topological polar surface area (TPSA) is 46.9 Å². The van der Waals surface area contributed by atoms with Gasteiger partial charge >= 0.3 is 0 Å². The molecule has 0 spiro atoms. The number of carbonyl (C=O) groups excluding carboxylic acids is 1. The van der Waals surface area contributed by atoms with Crippen LogP contribution in [0.4, 0.5) is 18.9 Å². The Morgan fingerprint density at radius 1 is 1.08 bits per heavy atom. The molecule has 7 heteroatoms. The number of benzene rings is 2. The Kier molecular flexibility index (Phi) is 4.07. The Morgan fingerprint density at radius 3 is 2.58 bits per heavy atom. The van der Waals surface area contributed by atoms with Crippen molar-refractivity contribution >= 4 is 11.6 Å². The first kappa shape index (κ1) is 15.8. The smallest absolute Gasteiger partial charge is 0.259 e. The lowest BCUT2D eigenvalue weighted by Crippen LogP contribution is -2.14. The number of carbonyl (C=O) groups is 1. The van der Waals surface area contributed by atoms with E-state index in [1.165, 1.54) is 29.1 Å². The minimum Gasteiger partial charge on any atom is -0.319 e. The summed E-state index contributed by atoms with van der Waals surface area (Å²) in [5, 5.41) is 6.28. The van der Waals surface area contributed by atoms with E-state index in [2.05, 4.69) is 10.4 Å². The number of hydrogen-bond donors (Lipinski definition) is 1. The van der Waals surface area contributed by atoms with Crippen LogP contribution in [-0.2, 0) is 0 Å². The molecule has 0 aliphatic rings. The van der Waals surface area contributed by atoms with Crippen molar-refractivity contribution in [2.45, 2.75) is 6.92 Å². The highest BCUT2D eigenvalue weighted by Crippen LogP contribution is 2.20. The summed E-state index contributed by atoms with van der Waals surface area (Å²) in [5.41, 5.74) is 0.403. The molecule has 1 amide bonds. The average molecular weight is 331 g/mol. The van der Waals surface area contributed by atoms with Crippen LogP contribution >= 0.6 is 0 Å². The fourth-order valence-corrected chi connectivity index (χ4v) is 2.28. The van der Waals surface area contributed by atoms with Crippen molar-refractivity contribution in [1.29, 1.82) is 0 Å². The van der Waals surface area contributed by atoms with Gasteiger partial charge in [0.2, 0.25) is 0 Å². The number of nitrogens with one attached hydrogen (secondary N) is 1. The Morgan fingerprint density at radius 2 is 1.83 bits per heavy atom. The summed E-state index contributed by atoms with van der Waals surface area (Å²) in [6.45, 7) is 1.58. The third kappa shape index (κ3) is 2.88. The van der Waals surface area contributed by atoms with Crippen LogP contribution in [0.1, 0.15) is 16.1 Å². The molecule has 1 N–H and O–H groups in total. The van der Waals surface area contributed by atoms with Gasteiger partial charge in [-0.1, -0.05) is 12.1 Å². The summed E-state index contributed by atoms with van der Waals surface area (Å²) in [4.78, 5) is 12.3. The van der Waals surface area contributed by atoms with E-state index < -0.39 is 23.4 Å². The molecule has 3 aromatic rings. The van der Waals surface area contributed by atoms with Crippen LogP contribution in [0.5, 0.6) is 0 Å². The van der Waals surface area contributed by atoms with Gasteiger partial charge in [0.05, 0.1) is 23.1 Å². The van der Waals surface area contributed by atoms with Gasteiger partial charge in [-0.25, -0.2) is 17.9 Å². The van der Waals surface area contributed by atoms with Crippen LogP contribution in [0.15, 0.2) is 48.7 Å². The molecule has 122 valence electrons. The fourth-order valence-electron chi connectivity index (χ4n) is 2.28. The zero-order chi connectivity index (χ0) is 17.3. The van der Waals surface area contributed by atoms with Gasteiger partial charge in [-0.2, -0.15) is 5.10 Å². The number of para-hydroxylation sites is 1. The Balaban J connectivity index is 1.92. The van der Waals surface area contributed by atoms with Gasteiger partial charge < -0.3 is 5.32 Å². The zero-order valence-electron chi connectivity index (χ0n) is 12.6. The minimum atomic E-state index is -0.760. The number of halogens is 3. The lowest BCUT2D eigenvalue weighted by Gasteiger charge is -2.08. The van der Waals surface area contributed by atoms with E-state index in [1.54, 1.807) is 13.0 Å². The second-order valence-electron chi connectivity index (χ2n) is 5.09. The average Bonchev–Trinajstić information content (AvgIpc) is 2.93. The summed E-state index contributed by atoms with van der Waals surface area (Å²) in [7, 11) is 0. The predicted molar refractivity (Wildman–Crippen MR) is 82.6 cm³/mol. The van der Waals surface area contributed by atoms with Crippen molar-refractivity contribution < 1.29 is 18.0 Å². The molecule has 0 aliphatic heterocycles. The van der Waals surface area contributed by atoms with Crippen molar-refractivity contribution in [2.24, 2.45) is 0 Å². The van der Waals surface area contributed by atoms with Gasteiger partial charge in [-0.3, -0.25) is 4.79 Å². The largest absolute Gasteiger partial charge is 0.319 e. The minimum absolute atomic E-state index is 0.127. The van der Waals surface area contributed by atoms with Crippen LogP contribution in [0, 0.1) is 24.4 Å². The molecule has 0 aliphatic carbocycles. The van der Waals surface area contributed by atoms with Crippen LogP contribution < -0.4 is 5.32 Å². The maximum atomic E-state index is 13.9. The second kappa shape index (κ2) is 6.19. The quantitative estimate of drug-likeness (QED) is 0.792. The lowest BCUT2D eigenvalue weighted by molar-refractivity contribution is 0.102. The van der Waals surface area contributed by atoms with Crippen molar-refractivity contribution in [3.05, 3.63) is 77.4 Å². The molecule has 3 rings (SSSR count). The van der Waals surface area contributed by atoms with Crippen molar-refractivity contribution in [2.75, 3.05) is 5.32 Å². The fraction of sp³-hybridized carbons (Fsp3) is 0.0588. The second-order valence-corrected chi connectivity index (χ2v) is 5.09. The summed E-state index contributed by atoms with van der Waals surface area (Å²) in [5.74, 6) is -2.60. The molecule has 0 bridgehead atoms. The maximum absolute atomic E-state index is 13.9. The molecule has 0 fully saturated rings. The number of hydrogen-bond acceptors (Lipinski definition) is 2. The first-order valence-corrected chi connectivity index (χ1v) is 7.03. The van der Waals surface area contributed by atoms with E-state index >= 15 is 0 Å². The number of aromatic nitrogens is 2. The third-order valence-corrected chi connectivity index (χ3v) is 3.51. The summed E-state index contributed by atoms with van der Waals surface area (Å²) in [6, 6.07) is 8.72. The highest BCUT2D eigenvalue weighted by molar-refractivity contribution is 6.05. The summed E-state index contributed by atoms with van der Waals surface area (Å²) in [6.07, 6.45) is 1.24. The van der Waals surface area contributed by atoms with Gasteiger partial charge in [-0.15, -0.1) is 0 Å². The monoisotopic (exact) mass is 331 g/mol. The van der Waals surface area contributed by atoms with Crippen LogP contribution in [-0.4, -0.2) is 15.7 Å². The van der Waals surface area contributed by atoms with Gasteiger partial charge in [0.1, 0.15) is 23.1 Å².